The van der Waals surface area contributed by atoms with E-state index in [9.17, 15) is 9.90 Å². The van der Waals surface area contributed by atoms with Crippen molar-refractivity contribution < 1.29 is 14.6 Å². The lowest BCUT2D eigenvalue weighted by molar-refractivity contribution is -0.138. The average molecular weight is 276 g/mol. The molecular weight excluding hydrogens is 256 g/mol. The number of nitrogens with two attached hydrogens (primary N) is 1. The number of nitrogens with zero attached hydrogens (tertiary/aromatic N) is 1. The number of hydrogen-bond donors (Lipinski definition) is 2. The van der Waals surface area contributed by atoms with Crippen molar-refractivity contribution in [1.29, 1.82) is 0 Å². The first-order valence-electron chi connectivity index (χ1n) is 6.55. The third-order valence-electron chi connectivity index (χ3n) is 3.59. The van der Waals surface area contributed by atoms with Gasteiger partial charge < -0.3 is 20.1 Å². The van der Waals surface area contributed by atoms with Gasteiger partial charge in [0.25, 0.3) is 0 Å². The second-order valence-corrected chi connectivity index (χ2v) is 5.14. The molecule has 0 aliphatic carbocycles. The van der Waals surface area contributed by atoms with Gasteiger partial charge >= 0.3 is 5.97 Å². The SMILES string of the molecule is COc1cccc2c(C(N)C(=O)O)c(C)n(C(C)C)c12. The molecule has 1 aromatic carbocycles. The summed E-state index contributed by atoms with van der Waals surface area (Å²) in [4.78, 5) is 11.3. The fraction of sp³-hybridized carbons (Fsp3) is 0.400. The molecule has 0 saturated heterocycles. The van der Waals surface area contributed by atoms with E-state index in [1.807, 2.05) is 25.1 Å². The molecule has 2 aromatic rings. The van der Waals surface area contributed by atoms with E-state index in [1.165, 1.54) is 0 Å². The highest BCUT2D eigenvalue weighted by atomic mass is 16.5. The average Bonchev–Trinajstić information content (AvgIpc) is 2.69. The van der Waals surface area contributed by atoms with Crippen molar-refractivity contribution in [2.24, 2.45) is 5.73 Å². The van der Waals surface area contributed by atoms with Crippen LogP contribution in [0.15, 0.2) is 18.2 Å². The molecule has 5 nitrogen and oxygen atoms in total. The number of carbonyl (C=O) groups is 1. The zero-order valence-electron chi connectivity index (χ0n) is 12.2. The third-order valence-corrected chi connectivity index (χ3v) is 3.59. The lowest BCUT2D eigenvalue weighted by Crippen LogP contribution is -2.21. The van der Waals surface area contributed by atoms with Crippen LogP contribution in [0.25, 0.3) is 10.9 Å². The van der Waals surface area contributed by atoms with Gasteiger partial charge in [-0.15, -0.1) is 0 Å². The van der Waals surface area contributed by atoms with Crippen LogP contribution in [0.5, 0.6) is 5.75 Å². The van der Waals surface area contributed by atoms with Gasteiger partial charge in [0.15, 0.2) is 0 Å². The van der Waals surface area contributed by atoms with E-state index in [2.05, 4.69) is 18.4 Å². The van der Waals surface area contributed by atoms with Crippen molar-refractivity contribution >= 4 is 16.9 Å². The highest BCUT2D eigenvalue weighted by Gasteiger charge is 2.26. The largest absolute Gasteiger partial charge is 0.495 e. The predicted molar refractivity (Wildman–Crippen MR) is 78.2 cm³/mol. The Kier molecular flexibility index (Phi) is 3.72. The van der Waals surface area contributed by atoms with Gasteiger partial charge in [0, 0.05) is 22.7 Å². The number of para-hydroxylation sites is 1. The highest BCUT2D eigenvalue weighted by molar-refractivity contribution is 5.94. The Labute approximate surface area is 117 Å². The van der Waals surface area contributed by atoms with E-state index in [0.717, 1.165) is 22.3 Å². The first-order valence-corrected chi connectivity index (χ1v) is 6.55. The number of carboxylic acid groups (broad SMARTS) is 1. The normalized spacial score (nSPS) is 12.9. The van der Waals surface area contributed by atoms with Crippen LogP contribution in [-0.2, 0) is 4.79 Å². The van der Waals surface area contributed by atoms with Gasteiger partial charge in [0.05, 0.1) is 12.6 Å². The Morgan fingerprint density at radius 2 is 2.05 bits per heavy atom. The second kappa shape index (κ2) is 5.17. The molecule has 0 amide bonds. The number of aromatic nitrogens is 1. The monoisotopic (exact) mass is 276 g/mol. The summed E-state index contributed by atoms with van der Waals surface area (Å²) in [6, 6.07) is 4.76. The lowest BCUT2D eigenvalue weighted by Gasteiger charge is -2.15. The van der Waals surface area contributed by atoms with E-state index in [4.69, 9.17) is 10.5 Å². The second-order valence-electron chi connectivity index (χ2n) is 5.14. The molecule has 0 bridgehead atoms. The number of hydrogen-bond acceptors (Lipinski definition) is 3. The Morgan fingerprint density at radius 1 is 1.40 bits per heavy atom. The smallest absolute Gasteiger partial charge is 0.325 e. The van der Waals surface area contributed by atoms with Crippen LogP contribution < -0.4 is 10.5 Å². The number of carboxylic acids is 1. The number of benzene rings is 1. The van der Waals surface area contributed by atoms with Crippen molar-refractivity contribution in [3.8, 4) is 5.75 Å². The molecule has 1 unspecified atom stereocenters. The number of methoxy groups -OCH3 is 1. The summed E-state index contributed by atoms with van der Waals surface area (Å²) in [5.74, 6) is -0.304. The van der Waals surface area contributed by atoms with Gasteiger partial charge in [-0.2, -0.15) is 0 Å². The van der Waals surface area contributed by atoms with Gasteiger partial charge in [0.2, 0.25) is 0 Å². The molecule has 108 valence electrons. The molecule has 0 radical (unpaired) electrons. The van der Waals surface area contributed by atoms with Crippen molar-refractivity contribution in [2.45, 2.75) is 32.9 Å². The third kappa shape index (κ3) is 2.04. The van der Waals surface area contributed by atoms with Crippen LogP contribution in [0.3, 0.4) is 0 Å². The minimum Gasteiger partial charge on any atom is -0.495 e. The maximum absolute atomic E-state index is 11.3. The number of aliphatic carboxylic acids is 1. The Bertz CT molecular complexity index is 659. The molecule has 1 aromatic heterocycles. The summed E-state index contributed by atoms with van der Waals surface area (Å²) in [7, 11) is 1.61. The zero-order valence-corrected chi connectivity index (χ0v) is 12.2. The summed E-state index contributed by atoms with van der Waals surface area (Å²) in [6.07, 6.45) is 0. The molecule has 0 fully saturated rings. The number of fused-ring (bicyclic) bond motifs is 1. The van der Waals surface area contributed by atoms with Crippen molar-refractivity contribution in [1.82, 2.24) is 4.57 Å². The topological polar surface area (TPSA) is 77.5 Å². The standard InChI is InChI=1S/C15H20N2O3/c1-8(2)17-9(3)12(13(16)15(18)19)10-6-5-7-11(20-4)14(10)17/h5-8,13H,16H2,1-4H3,(H,18,19). The Morgan fingerprint density at radius 3 is 2.55 bits per heavy atom. The number of ether oxygens (including phenoxy) is 1. The van der Waals surface area contributed by atoms with Gasteiger partial charge in [-0.1, -0.05) is 12.1 Å². The highest BCUT2D eigenvalue weighted by Crippen LogP contribution is 2.37. The summed E-state index contributed by atoms with van der Waals surface area (Å²) < 4.78 is 7.49. The van der Waals surface area contributed by atoms with Gasteiger partial charge in [-0.3, -0.25) is 4.79 Å². The summed E-state index contributed by atoms with van der Waals surface area (Å²) in [5, 5.41) is 10.1. The molecule has 1 heterocycles. The van der Waals surface area contributed by atoms with Crippen LogP contribution >= 0.6 is 0 Å². The Hall–Kier alpha value is -2.01. The lowest BCUT2D eigenvalue weighted by atomic mass is 10.0. The molecule has 0 aliphatic rings. The van der Waals surface area contributed by atoms with E-state index in [1.54, 1.807) is 7.11 Å². The van der Waals surface area contributed by atoms with Gasteiger partial charge in [-0.05, 0) is 26.8 Å². The quantitative estimate of drug-likeness (QED) is 0.900. The van der Waals surface area contributed by atoms with E-state index >= 15 is 0 Å². The van der Waals surface area contributed by atoms with E-state index in [0.29, 0.717) is 5.56 Å². The molecular formula is C15H20N2O3. The summed E-state index contributed by atoms with van der Waals surface area (Å²) in [5.41, 5.74) is 8.28. The van der Waals surface area contributed by atoms with Gasteiger partial charge in [-0.25, -0.2) is 0 Å². The minimum atomic E-state index is -1.04. The molecule has 0 aliphatic heterocycles. The van der Waals surface area contributed by atoms with Crippen LogP contribution in [0, 0.1) is 6.92 Å². The zero-order chi connectivity index (χ0) is 15.0. The molecule has 1 atom stereocenters. The molecule has 0 spiro atoms. The first kappa shape index (κ1) is 14.4. The van der Waals surface area contributed by atoms with Crippen molar-refractivity contribution in [2.75, 3.05) is 7.11 Å². The molecule has 3 N–H and O–H groups in total. The molecule has 0 saturated carbocycles. The van der Waals surface area contributed by atoms with Crippen LogP contribution in [-0.4, -0.2) is 22.8 Å². The number of rotatable bonds is 4. The maximum atomic E-state index is 11.3. The van der Waals surface area contributed by atoms with E-state index in [-0.39, 0.29) is 6.04 Å². The molecule has 5 heteroatoms. The summed E-state index contributed by atoms with van der Waals surface area (Å²) in [6.45, 7) is 6.00. The van der Waals surface area contributed by atoms with Crippen LogP contribution in [0.1, 0.15) is 37.2 Å². The minimum absolute atomic E-state index is 0.184. The first-order chi connectivity index (χ1) is 9.40. The predicted octanol–water partition coefficient (Wildman–Crippen LogP) is 2.62. The van der Waals surface area contributed by atoms with Crippen LogP contribution in [0.2, 0.25) is 0 Å². The summed E-state index contributed by atoms with van der Waals surface area (Å²) >= 11 is 0. The molecule has 20 heavy (non-hydrogen) atoms. The van der Waals surface area contributed by atoms with Gasteiger partial charge in [0.1, 0.15) is 11.8 Å². The molecule has 2 rings (SSSR count). The van der Waals surface area contributed by atoms with Crippen molar-refractivity contribution in [3.05, 3.63) is 29.5 Å². The van der Waals surface area contributed by atoms with Crippen LogP contribution in [0.4, 0.5) is 0 Å². The maximum Gasteiger partial charge on any atom is 0.325 e. The van der Waals surface area contributed by atoms with Crippen molar-refractivity contribution in [3.63, 3.8) is 0 Å². The van der Waals surface area contributed by atoms with E-state index < -0.39 is 12.0 Å². The fourth-order valence-electron chi connectivity index (χ4n) is 2.81. The Balaban J connectivity index is 2.90. The fourth-order valence-corrected chi connectivity index (χ4v) is 2.81.